The third-order valence-corrected chi connectivity index (χ3v) is 5.57. The highest BCUT2D eigenvalue weighted by atomic mass is 32.3. The van der Waals surface area contributed by atoms with Crippen LogP contribution in [0.25, 0.3) is 0 Å². The molecule has 0 bridgehead atoms. The van der Waals surface area contributed by atoms with E-state index < -0.39 is 15.8 Å². The molecule has 0 aliphatic heterocycles. The number of methoxy groups -OCH3 is 1. The predicted octanol–water partition coefficient (Wildman–Crippen LogP) is 5.19. The Bertz CT molecular complexity index is 448. The third kappa shape index (κ3) is 18.5. The summed E-state index contributed by atoms with van der Waals surface area (Å²) in [5.74, 6) is 0. The lowest BCUT2D eigenvalue weighted by Gasteiger charge is -2.32. The lowest BCUT2D eigenvalue weighted by molar-refractivity contribution is -0.0411. The zero-order valence-corrected chi connectivity index (χ0v) is 20.3. The molecule has 0 saturated carbocycles. The fourth-order valence-corrected chi connectivity index (χ4v) is 3.75. The highest BCUT2D eigenvalue weighted by Crippen LogP contribution is 2.28. The van der Waals surface area contributed by atoms with Crippen LogP contribution in [-0.2, 0) is 28.8 Å². The molecule has 30 heavy (non-hydrogen) atoms. The van der Waals surface area contributed by atoms with Gasteiger partial charge in [0.25, 0.3) is 0 Å². The van der Waals surface area contributed by atoms with Crippen LogP contribution >= 0.6 is 0 Å². The van der Waals surface area contributed by atoms with Gasteiger partial charge in [0.1, 0.15) is 0 Å². The predicted molar refractivity (Wildman–Crippen MR) is 120 cm³/mol. The molecule has 7 nitrogen and oxygen atoms in total. The molecule has 0 heterocycles. The molecule has 0 aromatic carbocycles. The Kier molecular flexibility index (Phi) is 19.3. The van der Waals surface area contributed by atoms with E-state index >= 15 is 0 Å². The molecule has 0 saturated heterocycles. The van der Waals surface area contributed by atoms with Gasteiger partial charge in [0.2, 0.25) is 0 Å². The van der Waals surface area contributed by atoms with Crippen LogP contribution in [0.15, 0.2) is 0 Å². The molecule has 0 radical (unpaired) electrons. The zero-order chi connectivity index (χ0) is 22.6. The minimum atomic E-state index is -4.50. The molecular formula is C22H46O7S. The summed E-state index contributed by atoms with van der Waals surface area (Å²) >= 11 is 0. The number of rotatable bonds is 23. The van der Waals surface area contributed by atoms with E-state index in [1.54, 1.807) is 7.11 Å². The van der Waals surface area contributed by atoms with Crippen LogP contribution in [0.3, 0.4) is 0 Å². The van der Waals surface area contributed by atoms with Crippen LogP contribution in [0.4, 0.5) is 0 Å². The van der Waals surface area contributed by atoms with E-state index in [9.17, 15) is 8.42 Å². The fourth-order valence-electron chi connectivity index (χ4n) is 3.35. The first kappa shape index (κ1) is 29.8. The Morgan fingerprint density at radius 3 is 1.90 bits per heavy atom. The summed E-state index contributed by atoms with van der Waals surface area (Å²) in [5.41, 5.74) is -0.601. The number of hydrogen-bond donors (Lipinski definition) is 1. The topological polar surface area (TPSA) is 91.3 Å². The first-order valence-corrected chi connectivity index (χ1v) is 13.0. The van der Waals surface area contributed by atoms with Gasteiger partial charge in [-0.05, 0) is 25.7 Å². The Morgan fingerprint density at radius 1 is 0.700 bits per heavy atom. The summed E-state index contributed by atoms with van der Waals surface area (Å²) in [6, 6.07) is 0. The highest BCUT2D eigenvalue weighted by molar-refractivity contribution is 7.80. The third-order valence-electron chi connectivity index (χ3n) is 5.15. The summed E-state index contributed by atoms with van der Waals surface area (Å²) in [7, 11) is -2.92. The Morgan fingerprint density at radius 2 is 1.27 bits per heavy atom. The lowest BCUT2D eigenvalue weighted by Crippen LogP contribution is -2.38. The molecule has 0 rings (SSSR count). The van der Waals surface area contributed by atoms with Crippen LogP contribution in [0, 0.1) is 5.41 Å². The van der Waals surface area contributed by atoms with Crippen molar-refractivity contribution in [2.45, 2.75) is 90.9 Å². The van der Waals surface area contributed by atoms with Crippen LogP contribution in [-0.4, -0.2) is 59.7 Å². The average molecular weight is 455 g/mol. The number of ether oxygens (including phenoxy) is 3. The van der Waals surface area contributed by atoms with Crippen LogP contribution in [0.5, 0.6) is 0 Å². The summed E-state index contributed by atoms with van der Waals surface area (Å²) in [6.07, 6.45) is 12.8. The lowest BCUT2D eigenvalue weighted by atomic mass is 9.85. The normalized spacial score (nSPS) is 14.1. The minimum absolute atomic E-state index is 0.150. The Labute approximate surface area is 185 Å². The molecule has 0 aliphatic rings. The summed E-state index contributed by atoms with van der Waals surface area (Å²) < 4.78 is 52.8. The first-order chi connectivity index (χ1) is 14.4. The summed E-state index contributed by atoms with van der Waals surface area (Å²) in [5, 5.41) is 0. The van der Waals surface area contributed by atoms with E-state index in [0.717, 1.165) is 58.2 Å². The van der Waals surface area contributed by atoms with Crippen LogP contribution in [0.2, 0.25) is 0 Å². The van der Waals surface area contributed by atoms with Crippen molar-refractivity contribution in [1.29, 1.82) is 0 Å². The van der Waals surface area contributed by atoms with E-state index in [2.05, 4.69) is 13.8 Å². The molecular weight excluding hydrogens is 408 g/mol. The second kappa shape index (κ2) is 19.4. The molecule has 8 heteroatoms. The zero-order valence-electron chi connectivity index (χ0n) is 19.5. The summed E-state index contributed by atoms with van der Waals surface area (Å²) in [6.45, 7) is 7.03. The van der Waals surface area contributed by atoms with Crippen molar-refractivity contribution in [2.75, 3.05) is 46.8 Å². The largest absolute Gasteiger partial charge is 0.397 e. The van der Waals surface area contributed by atoms with Gasteiger partial charge in [-0.2, -0.15) is 8.42 Å². The molecule has 0 fully saturated rings. The maximum absolute atomic E-state index is 11.1. The van der Waals surface area contributed by atoms with E-state index in [1.807, 2.05) is 0 Å². The average Bonchev–Trinajstić information content (AvgIpc) is 2.70. The second-order valence-electron chi connectivity index (χ2n) is 8.22. The molecule has 0 spiro atoms. The van der Waals surface area contributed by atoms with Crippen molar-refractivity contribution in [3.63, 3.8) is 0 Å². The Balaban J connectivity index is 4.43. The van der Waals surface area contributed by atoms with Gasteiger partial charge in [0.05, 0.1) is 19.8 Å². The van der Waals surface area contributed by atoms with Gasteiger partial charge >= 0.3 is 10.4 Å². The molecule has 0 aromatic rings. The maximum Gasteiger partial charge on any atom is 0.397 e. The maximum atomic E-state index is 11.1. The minimum Gasteiger partial charge on any atom is -0.384 e. The van der Waals surface area contributed by atoms with Gasteiger partial charge in [0.15, 0.2) is 0 Å². The van der Waals surface area contributed by atoms with Gasteiger partial charge in [-0.25, -0.2) is 4.18 Å². The molecule has 182 valence electrons. The number of unbranched alkanes of at least 4 members (excludes halogenated alkanes) is 8. The summed E-state index contributed by atoms with van der Waals surface area (Å²) in [4.78, 5) is 0. The molecule has 0 aliphatic carbocycles. The van der Waals surface area contributed by atoms with Gasteiger partial charge in [-0.3, -0.25) is 4.55 Å². The molecule has 0 amide bonds. The van der Waals surface area contributed by atoms with Gasteiger partial charge in [0, 0.05) is 32.3 Å². The smallest absolute Gasteiger partial charge is 0.384 e. The number of hydrogen-bond acceptors (Lipinski definition) is 6. The van der Waals surface area contributed by atoms with Crippen molar-refractivity contribution in [1.82, 2.24) is 0 Å². The van der Waals surface area contributed by atoms with E-state index in [4.69, 9.17) is 22.9 Å². The first-order valence-electron chi connectivity index (χ1n) is 11.7. The van der Waals surface area contributed by atoms with Crippen molar-refractivity contribution in [3.8, 4) is 0 Å². The second-order valence-corrected chi connectivity index (χ2v) is 9.31. The van der Waals surface area contributed by atoms with Crippen molar-refractivity contribution < 1.29 is 31.4 Å². The monoisotopic (exact) mass is 454 g/mol. The van der Waals surface area contributed by atoms with E-state index in [0.29, 0.717) is 26.2 Å². The highest BCUT2D eigenvalue weighted by Gasteiger charge is 2.32. The van der Waals surface area contributed by atoms with Crippen molar-refractivity contribution >= 4 is 10.4 Å². The van der Waals surface area contributed by atoms with Gasteiger partial charge < -0.3 is 14.2 Å². The van der Waals surface area contributed by atoms with Crippen molar-refractivity contribution in [3.05, 3.63) is 0 Å². The fraction of sp³-hybridized carbons (Fsp3) is 1.00. The van der Waals surface area contributed by atoms with Gasteiger partial charge in [-0.15, -0.1) is 0 Å². The van der Waals surface area contributed by atoms with Crippen LogP contribution < -0.4 is 0 Å². The Hall–Kier alpha value is -0.250. The standard InChI is InChI=1S/C22H46O7S/c1-4-6-8-9-10-13-18-28-20-22(19-26-3,21-29-30(23,24)25)15-12-11-14-17-27-16-7-5-2/h4-21H2,1-3H3,(H,23,24,25)/t22-/m1/s1. The van der Waals surface area contributed by atoms with Gasteiger partial charge in [-0.1, -0.05) is 65.2 Å². The van der Waals surface area contributed by atoms with E-state index in [-0.39, 0.29) is 6.61 Å². The molecule has 1 N–H and O–H groups in total. The molecule has 1 atom stereocenters. The molecule has 0 aromatic heterocycles. The van der Waals surface area contributed by atoms with Crippen LogP contribution in [0.1, 0.15) is 90.9 Å². The quantitative estimate of drug-likeness (QED) is 0.168. The molecule has 0 unspecified atom stereocenters. The van der Waals surface area contributed by atoms with E-state index in [1.165, 1.54) is 25.7 Å². The van der Waals surface area contributed by atoms with Crippen molar-refractivity contribution in [2.24, 2.45) is 5.41 Å². The SMILES string of the molecule is CCCCCCCCOC[C@@](CCCCCOCCCC)(COC)COS(=O)(=O)O.